The lowest BCUT2D eigenvalue weighted by Crippen LogP contribution is -2.43. The second kappa shape index (κ2) is 12.8. The van der Waals surface area contributed by atoms with Crippen LogP contribution in [-0.2, 0) is 11.3 Å². The maximum Gasteiger partial charge on any atom is 0.407 e. The van der Waals surface area contributed by atoms with E-state index in [1.54, 1.807) is 12.3 Å². The number of hydrogen-bond donors (Lipinski definition) is 1. The summed E-state index contributed by atoms with van der Waals surface area (Å²) in [4.78, 5) is 37.1. The molecular formula is C40H49N5O3Si. The quantitative estimate of drug-likeness (QED) is 0.163. The number of carbonyl (C=O) groups is 2. The highest BCUT2D eigenvalue weighted by molar-refractivity contribution is 6.90. The normalized spacial score (nSPS) is 18.4. The molecule has 2 aromatic carbocycles. The summed E-state index contributed by atoms with van der Waals surface area (Å²) < 4.78 is 32.9. The number of carbonyl (C=O) groups excluding carboxylic acids is 2. The van der Waals surface area contributed by atoms with E-state index in [9.17, 15) is 9.59 Å². The van der Waals surface area contributed by atoms with E-state index >= 15 is 0 Å². The van der Waals surface area contributed by atoms with Gasteiger partial charge in [-0.1, -0.05) is 65.7 Å². The Hall–Kier alpha value is -4.42. The number of ether oxygens (including phenoxy) is 1. The molecule has 1 N–H and O–H groups in total. The van der Waals surface area contributed by atoms with Gasteiger partial charge in [0.2, 0.25) is 0 Å². The average molecular weight is 679 g/mol. The van der Waals surface area contributed by atoms with Crippen LogP contribution in [0.1, 0.15) is 118 Å². The van der Waals surface area contributed by atoms with Crippen LogP contribution in [0.25, 0.3) is 22.3 Å². The molecule has 0 unspecified atom stereocenters. The molecule has 0 saturated carbocycles. The molecule has 0 fully saturated rings. The second-order valence-corrected chi connectivity index (χ2v) is 20.9. The number of rotatable bonds is 6. The van der Waals surface area contributed by atoms with Gasteiger partial charge in [0.05, 0.1) is 28.8 Å². The van der Waals surface area contributed by atoms with E-state index in [0.29, 0.717) is 39.9 Å². The maximum atomic E-state index is 14.2. The Balaban J connectivity index is 1.45. The van der Waals surface area contributed by atoms with Gasteiger partial charge in [0.25, 0.3) is 5.91 Å². The number of alkyl carbamates (subject to hydrolysis) is 1. The predicted octanol–water partition coefficient (Wildman–Crippen LogP) is 8.81. The van der Waals surface area contributed by atoms with Crippen molar-refractivity contribution in [1.29, 1.82) is 0 Å². The largest absolute Gasteiger partial charge is 0.444 e. The van der Waals surface area contributed by atoms with Gasteiger partial charge in [-0.3, -0.25) is 9.78 Å². The molecule has 0 spiro atoms. The first-order chi connectivity index (χ1) is 24.3. The smallest absolute Gasteiger partial charge is 0.407 e. The molecule has 4 heterocycles. The van der Waals surface area contributed by atoms with E-state index < -0.39 is 38.7 Å². The monoisotopic (exact) mass is 678 g/mol. The lowest BCUT2D eigenvalue weighted by atomic mass is 9.93. The van der Waals surface area contributed by atoms with Gasteiger partial charge in [0.1, 0.15) is 19.5 Å². The van der Waals surface area contributed by atoms with E-state index in [1.807, 2.05) is 63.2 Å². The lowest BCUT2D eigenvalue weighted by molar-refractivity contribution is 0.0523. The first-order valence-corrected chi connectivity index (χ1v) is 19.5. The van der Waals surface area contributed by atoms with E-state index in [0.717, 1.165) is 38.4 Å². The van der Waals surface area contributed by atoms with E-state index in [1.165, 1.54) is 0 Å². The molecule has 2 bridgehead atoms. The van der Waals surface area contributed by atoms with Gasteiger partial charge in [-0.2, -0.15) is 0 Å². The molecule has 0 aliphatic carbocycles. The standard InChI is InChI=1S/C40H49N5O3Si/c1-24(2)49(25(3)4,26(5)6)19-18-28-12-11-13-30-36(28)34-21-35(44(10)38(30)46)37-43-32-17-15-29(20-33(32)45(34)37)31-16-14-27(22-41-31)23-42-39(47)48-40(7,8)9/h11-17,20,22,24-26,34-35H,21,23H2,1-10H3,(H,42,47)/t34-,35-/m1/s1/i10D3. The minimum absolute atomic E-state index is 0.277. The summed E-state index contributed by atoms with van der Waals surface area (Å²) in [5, 5.41) is 2.77. The Morgan fingerprint density at radius 3 is 2.43 bits per heavy atom. The van der Waals surface area contributed by atoms with Crippen molar-refractivity contribution in [3.8, 4) is 22.7 Å². The van der Waals surface area contributed by atoms with E-state index in [4.69, 9.17) is 18.8 Å². The molecule has 256 valence electrons. The van der Waals surface area contributed by atoms with E-state index in [2.05, 4.69) is 62.9 Å². The van der Waals surface area contributed by atoms with Crippen molar-refractivity contribution in [3.63, 3.8) is 0 Å². The van der Waals surface area contributed by atoms with Crippen molar-refractivity contribution in [2.45, 2.75) is 110 Å². The molecule has 0 saturated heterocycles. The van der Waals surface area contributed by atoms with Crippen LogP contribution in [-0.4, -0.2) is 52.1 Å². The van der Waals surface area contributed by atoms with Crippen molar-refractivity contribution in [1.82, 2.24) is 24.8 Å². The summed E-state index contributed by atoms with van der Waals surface area (Å²) >= 11 is 0. The minimum atomic E-state index is -2.67. The van der Waals surface area contributed by atoms with E-state index in [-0.39, 0.29) is 12.6 Å². The Morgan fingerprint density at radius 2 is 1.80 bits per heavy atom. The van der Waals surface area contributed by atoms with Gasteiger partial charge in [-0.25, -0.2) is 9.78 Å². The minimum Gasteiger partial charge on any atom is -0.444 e. The molecule has 4 aromatic rings. The van der Waals surface area contributed by atoms with Crippen LogP contribution in [0.2, 0.25) is 16.6 Å². The Kier molecular flexibility index (Phi) is 8.00. The van der Waals surface area contributed by atoms with Crippen molar-refractivity contribution < 1.29 is 18.4 Å². The molecule has 2 atom stereocenters. The predicted molar refractivity (Wildman–Crippen MR) is 198 cm³/mol. The number of amides is 2. The fourth-order valence-corrected chi connectivity index (χ4v) is 13.2. The average Bonchev–Trinajstić information content (AvgIpc) is 3.55. The molecule has 2 aliphatic rings. The molecule has 2 aliphatic heterocycles. The Bertz CT molecular complexity index is 2070. The van der Waals surface area contributed by atoms with Crippen LogP contribution in [0, 0.1) is 11.5 Å². The highest BCUT2D eigenvalue weighted by atomic mass is 28.3. The van der Waals surface area contributed by atoms with Crippen LogP contribution in [0.3, 0.4) is 0 Å². The highest BCUT2D eigenvalue weighted by Gasteiger charge is 2.45. The fourth-order valence-electron chi connectivity index (χ4n) is 8.01. The third kappa shape index (κ3) is 6.16. The van der Waals surface area contributed by atoms with Crippen molar-refractivity contribution in [2.75, 3.05) is 6.98 Å². The summed E-state index contributed by atoms with van der Waals surface area (Å²) in [6, 6.07) is 14.2. The zero-order valence-electron chi connectivity index (χ0n) is 33.0. The lowest BCUT2D eigenvalue weighted by Gasteiger charge is -2.38. The molecule has 2 aromatic heterocycles. The van der Waals surface area contributed by atoms with Crippen LogP contribution in [0.4, 0.5) is 4.79 Å². The van der Waals surface area contributed by atoms with Crippen molar-refractivity contribution in [3.05, 3.63) is 82.8 Å². The number of nitrogens with one attached hydrogen (secondary N) is 1. The van der Waals surface area contributed by atoms with Gasteiger partial charge in [0, 0.05) is 52.5 Å². The second-order valence-electron chi connectivity index (χ2n) is 15.3. The number of pyridine rings is 1. The molecule has 0 radical (unpaired) electrons. The summed E-state index contributed by atoms with van der Waals surface area (Å²) in [6.07, 6.45) is 1.62. The van der Waals surface area contributed by atoms with Gasteiger partial charge >= 0.3 is 6.09 Å². The summed E-state index contributed by atoms with van der Waals surface area (Å²) in [7, 11) is -2.12. The van der Waals surface area contributed by atoms with Gasteiger partial charge in [-0.05, 0) is 73.3 Å². The topological polar surface area (TPSA) is 89.3 Å². The number of benzene rings is 2. The number of nitrogens with zero attached hydrogens (tertiary/aromatic N) is 4. The third-order valence-electron chi connectivity index (χ3n) is 10.2. The molecule has 9 heteroatoms. The molecular weight excluding hydrogens is 627 g/mol. The first-order valence-electron chi connectivity index (χ1n) is 18.8. The maximum absolute atomic E-state index is 14.2. The van der Waals surface area contributed by atoms with Gasteiger partial charge < -0.3 is 19.5 Å². The van der Waals surface area contributed by atoms with Gasteiger partial charge in [-0.15, -0.1) is 5.54 Å². The van der Waals surface area contributed by atoms with Crippen LogP contribution < -0.4 is 5.32 Å². The van der Waals surface area contributed by atoms with Crippen LogP contribution >= 0.6 is 0 Å². The summed E-state index contributed by atoms with van der Waals surface area (Å²) in [6.45, 7) is 16.7. The van der Waals surface area contributed by atoms with Crippen molar-refractivity contribution >= 4 is 31.1 Å². The number of aromatic nitrogens is 3. The van der Waals surface area contributed by atoms with Crippen LogP contribution in [0.15, 0.2) is 54.7 Å². The number of fused-ring (bicyclic) bond motifs is 9. The fraction of sp³-hybridized carbons (Fsp3) is 0.450. The Morgan fingerprint density at radius 1 is 1.06 bits per heavy atom. The number of imidazole rings is 1. The zero-order valence-corrected chi connectivity index (χ0v) is 31.0. The SMILES string of the molecule is [2H]C([2H])([2H])N1C(=O)c2cccc(C#C[Si](C(C)C)(C(C)C)C(C)C)c2[C@H]2C[C@@H]1c1nc3ccc(-c4ccc(CNC(=O)OC(C)(C)C)cn4)cc3n12. The van der Waals surface area contributed by atoms with Gasteiger partial charge in [0.15, 0.2) is 0 Å². The van der Waals surface area contributed by atoms with Crippen LogP contribution in [0.5, 0.6) is 0 Å². The molecule has 6 rings (SSSR count). The summed E-state index contributed by atoms with van der Waals surface area (Å²) in [5.41, 5.74) is 10.4. The molecule has 2 amide bonds. The van der Waals surface area contributed by atoms with Crippen molar-refractivity contribution in [2.24, 2.45) is 0 Å². The summed E-state index contributed by atoms with van der Waals surface area (Å²) in [5.74, 6) is 3.65. The number of hydrogen-bond acceptors (Lipinski definition) is 5. The third-order valence-corrected chi connectivity index (χ3v) is 16.5. The molecule has 8 nitrogen and oxygen atoms in total. The highest BCUT2D eigenvalue weighted by Crippen LogP contribution is 2.49. The molecule has 49 heavy (non-hydrogen) atoms. The Labute approximate surface area is 295 Å². The first kappa shape index (κ1) is 30.6. The zero-order chi connectivity index (χ0) is 37.9.